The standard InChI is InChI=1S/C30H54NO12P/c1-6-7-10-13-24(33)16-17-28-26(27(34)20-30(36)43-28)14-11-8-9-12-15-29(35)42-25(21-39-23(2)32)22-41-44(37,38)40-19-18-31(3,4)5/h8,11,16-17,24-28,30,33-34,36H,6-7,9-10,12-15,18-22H2,1-5H3/p+1/b11-8-,17-16+/t24-,25+,26-,27-,28+,30?/m0/s1. The summed E-state index contributed by atoms with van der Waals surface area (Å²) in [6, 6.07) is 0. The van der Waals surface area contributed by atoms with Crippen LogP contribution in [0.2, 0.25) is 0 Å². The van der Waals surface area contributed by atoms with Crippen LogP contribution < -0.4 is 0 Å². The zero-order valence-corrected chi connectivity index (χ0v) is 27.8. The summed E-state index contributed by atoms with van der Waals surface area (Å²) >= 11 is 0. The molecule has 4 N–H and O–H groups in total. The lowest BCUT2D eigenvalue weighted by atomic mass is 9.87. The smallest absolute Gasteiger partial charge is 0.462 e. The summed E-state index contributed by atoms with van der Waals surface area (Å²) < 4.78 is 38.5. The molecule has 1 rings (SSSR count). The second kappa shape index (κ2) is 21.2. The van der Waals surface area contributed by atoms with Gasteiger partial charge in [0.1, 0.15) is 19.8 Å². The van der Waals surface area contributed by atoms with Crippen LogP contribution in [0.5, 0.6) is 0 Å². The Morgan fingerprint density at radius 3 is 2.48 bits per heavy atom. The van der Waals surface area contributed by atoms with Crippen molar-refractivity contribution in [2.45, 2.75) is 102 Å². The van der Waals surface area contributed by atoms with Crippen LogP contribution in [0.1, 0.15) is 71.6 Å². The quantitative estimate of drug-likeness (QED) is 0.0443. The molecule has 0 aromatic rings. The largest absolute Gasteiger partial charge is 0.472 e. The Morgan fingerprint density at radius 2 is 1.82 bits per heavy atom. The SMILES string of the molecule is CCCCC[C@H](O)/C=C/[C@H]1OC(O)C[C@H](O)[C@@H]1C/C=C\CCCC(=O)O[C@H](COC(C)=O)COP(=O)(O)OCC[N+](C)(C)C. The monoisotopic (exact) mass is 652 g/mol. The molecule has 0 aliphatic carbocycles. The summed E-state index contributed by atoms with van der Waals surface area (Å²) in [5, 5.41) is 30.7. The first-order valence-electron chi connectivity index (χ1n) is 15.4. The van der Waals surface area contributed by atoms with Crippen LogP contribution in [0, 0.1) is 5.92 Å². The molecule has 14 heteroatoms. The van der Waals surface area contributed by atoms with Crippen molar-refractivity contribution in [2.75, 3.05) is 47.5 Å². The Labute approximate surface area is 262 Å². The van der Waals surface area contributed by atoms with Crippen molar-refractivity contribution in [3.63, 3.8) is 0 Å². The number of ether oxygens (including phenoxy) is 3. The molecule has 0 bridgehead atoms. The fourth-order valence-electron chi connectivity index (χ4n) is 4.31. The van der Waals surface area contributed by atoms with Crippen LogP contribution in [0.3, 0.4) is 0 Å². The third-order valence-electron chi connectivity index (χ3n) is 6.84. The molecule has 1 fully saturated rings. The maximum Gasteiger partial charge on any atom is 0.472 e. The van der Waals surface area contributed by atoms with Gasteiger partial charge in [0.2, 0.25) is 0 Å². The van der Waals surface area contributed by atoms with Crippen molar-refractivity contribution in [3.05, 3.63) is 24.3 Å². The molecule has 1 saturated heterocycles. The third-order valence-corrected chi connectivity index (χ3v) is 7.82. The number of hydrogen-bond acceptors (Lipinski definition) is 11. The molecule has 13 nitrogen and oxygen atoms in total. The molecule has 0 aromatic carbocycles. The van der Waals surface area contributed by atoms with Gasteiger partial charge in [0, 0.05) is 25.7 Å². The summed E-state index contributed by atoms with van der Waals surface area (Å²) in [7, 11) is 1.29. The fraction of sp³-hybridized carbons (Fsp3) is 0.800. The normalized spacial score (nSPS) is 23.8. The van der Waals surface area contributed by atoms with Crippen LogP contribution in [-0.4, -0.2) is 115 Å². The van der Waals surface area contributed by atoms with E-state index in [1.54, 1.807) is 12.2 Å². The molecule has 256 valence electrons. The van der Waals surface area contributed by atoms with E-state index in [1.165, 1.54) is 6.92 Å². The van der Waals surface area contributed by atoms with Crippen LogP contribution >= 0.6 is 7.82 Å². The van der Waals surface area contributed by atoms with Gasteiger partial charge >= 0.3 is 19.8 Å². The van der Waals surface area contributed by atoms with E-state index in [2.05, 4.69) is 6.92 Å². The highest BCUT2D eigenvalue weighted by Gasteiger charge is 2.35. The predicted molar refractivity (Wildman–Crippen MR) is 163 cm³/mol. The zero-order valence-electron chi connectivity index (χ0n) is 26.9. The van der Waals surface area contributed by atoms with Crippen molar-refractivity contribution in [1.29, 1.82) is 0 Å². The minimum absolute atomic E-state index is 0.0203. The minimum atomic E-state index is -4.41. The minimum Gasteiger partial charge on any atom is -0.462 e. The van der Waals surface area contributed by atoms with E-state index in [4.69, 9.17) is 23.3 Å². The Hall–Kier alpha value is -1.67. The van der Waals surface area contributed by atoms with E-state index in [-0.39, 0.29) is 32.0 Å². The van der Waals surface area contributed by atoms with Gasteiger partial charge in [-0.15, -0.1) is 0 Å². The van der Waals surface area contributed by atoms with Crippen molar-refractivity contribution < 1.29 is 62.1 Å². The van der Waals surface area contributed by atoms with Gasteiger partial charge in [-0.3, -0.25) is 18.6 Å². The Balaban J connectivity index is 2.54. The maximum absolute atomic E-state index is 12.4. The number of carbonyl (C=O) groups is 2. The predicted octanol–water partition coefficient (Wildman–Crippen LogP) is 3.00. The molecule has 1 aliphatic heterocycles. The lowest BCUT2D eigenvalue weighted by Crippen LogP contribution is -2.43. The molecule has 7 atom stereocenters. The van der Waals surface area contributed by atoms with Crippen LogP contribution in [0.15, 0.2) is 24.3 Å². The molecule has 0 aromatic heterocycles. The van der Waals surface area contributed by atoms with E-state index >= 15 is 0 Å². The number of carbonyl (C=O) groups excluding carboxylic acids is 2. The number of allylic oxidation sites excluding steroid dienone is 2. The lowest BCUT2D eigenvalue weighted by Gasteiger charge is -2.36. The third kappa shape index (κ3) is 19.7. The van der Waals surface area contributed by atoms with Crippen LogP contribution in [0.25, 0.3) is 0 Å². The Bertz CT molecular complexity index is 937. The summed E-state index contributed by atoms with van der Waals surface area (Å²) in [4.78, 5) is 33.6. The van der Waals surface area contributed by atoms with Gasteiger partial charge in [0.15, 0.2) is 12.4 Å². The van der Waals surface area contributed by atoms with Crippen LogP contribution in [-0.2, 0) is 37.4 Å². The number of nitrogens with zero attached hydrogens (tertiary/aromatic N) is 1. The molecule has 0 spiro atoms. The number of unbranched alkanes of at least 4 members (excludes halogenated alkanes) is 3. The Kier molecular flexibility index (Phi) is 19.4. The van der Waals surface area contributed by atoms with Crippen LogP contribution in [0.4, 0.5) is 0 Å². The van der Waals surface area contributed by atoms with Gasteiger partial charge in [-0.25, -0.2) is 4.57 Å². The second-order valence-corrected chi connectivity index (χ2v) is 13.5. The van der Waals surface area contributed by atoms with E-state index in [0.29, 0.717) is 36.7 Å². The lowest BCUT2D eigenvalue weighted by molar-refractivity contribution is -0.870. The number of aliphatic hydroxyl groups excluding tert-OH is 3. The molecule has 1 aliphatic rings. The maximum atomic E-state index is 12.4. The first-order chi connectivity index (χ1) is 20.6. The molecular formula is C30H55NO12P+. The van der Waals surface area contributed by atoms with Crippen molar-refractivity contribution in [2.24, 2.45) is 5.92 Å². The molecule has 1 heterocycles. The fourth-order valence-corrected chi connectivity index (χ4v) is 5.05. The summed E-state index contributed by atoms with van der Waals surface area (Å²) in [6.45, 7) is 2.89. The van der Waals surface area contributed by atoms with E-state index in [0.717, 1.165) is 19.3 Å². The van der Waals surface area contributed by atoms with E-state index < -0.39 is 57.1 Å². The molecule has 0 saturated carbocycles. The molecule has 2 unspecified atom stereocenters. The number of esters is 2. The Morgan fingerprint density at radius 1 is 1.09 bits per heavy atom. The van der Waals surface area contributed by atoms with Gasteiger partial charge < -0.3 is 38.9 Å². The summed E-state index contributed by atoms with van der Waals surface area (Å²) in [5.74, 6) is -1.50. The number of quaternary nitrogens is 1. The first-order valence-corrected chi connectivity index (χ1v) is 16.9. The van der Waals surface area contributed by atoms with Crippen molar-refractivity contribution in [3.8, 4) is 0 Å². The first kappa shape index (κ1) is 40.4. The number of rotatable bonds is 22. The number of likely N-dealkylation sites (N-methyl/N-ethyl adjacent to an activating group) is 1. The highest BCUT2D eigenvalue weighted by Crippen LogP contribution is 2.43. The summed E-state index contributed by atoms with van der Waals surface area (Å²) in [6.07, 6.45) is 8.24. The topological polar surface area (TPSA) is 178 Å². The molecule has 44 heavy (non-hydrogen) atoms. The van der Waals surface area contributed by atoms with Crippen molar-refractivity contribution >= 4 is 19.8 Å². The number of aliphatic hydroxyl groups is 3. The van der Waals surface area contributed by atoms with Gasteiger partial charge in [-0.1, -0.05) is 50.5 Å². The second-order valence-electron chi connectivity index (χ2n) is 12.1. The van der Waals surface area contributed by atoms with E-state index in [1.807, 2.05) is 33.3 Å². The molecular weight excluding hydrogens is 597 g/mol. The van der Waals surface area contributed by atoms with Gasteiger partial charge in [-0.2, -0.15) is 0 Å². The molecule has 0 amide bonds. The van der Waals surface area contributed by atoms with Gasteiger partial charge in [0.25, 0.3) is 0 Å². The molecule has 0 radical (unpaired) electrons. The number of phosphoric acid groups is 1. The summed E-state index contributed by atoms with van der Waals surface area (Å²) in [5.41, 5.74) is 0. The zero-order chi connectivity index (χ0) is 33.2. The van der Waals surface area contributed by atoms with Crippen molar-refractivity contribution in [1.82, 2.24) is 0 Å². The van der Waals surface area contributed by atoms with Gasteiger partial charge in [0.05, 0.1) is 46.1 Å². The van der Waals surface area contributed by atoms with Gasteiger partial charge in [-0.05, 0) is 25.7 Å². The average Bonchev–Trinajstić information content (AvgIpc) is 2.91. The van der Waals surface area contributed by atoms with E-state index in [9.17, 15) is 34.4 Å². The highest BCUT2D eigenvalue weighted by molar-refractivity contribution is 7.47. The average molecular weight is 653 g/mol. The number of hydrogen-bond donors (Lipinski definition) is 4. The number of phosphoric ester groups is 1. The highest BCUT2D eigenvalue weighted by atomic mass is 31.2.